The first-order chi connectivity index (χ1) is 10.3. The van der Waals surface area contributed by atoms with Crippen molar-refractivity contribution >= 4 is 39.2 Å². The molecular formula is C13H13BrN2O6. The molecule has 0 aliphatic rings. The minimum atomic E-state index is -0.810. The SMILES string of the molecule is COC(=O)/C=C(/Nc1ccc(Br)c([N+](=O)[O-])c1C)C(=O)OC. The monoisotopic (exact) mass is 372 g/mol. The predicted octanol–water partition coefficient (Wildman–Crippen LogP) is 2.31. The zero-order chi connectivity index (χ0) is 16.9. The number of hydrogen-bond acceptors (Lipinski definition) is 7. The van der Waals surface area contributed by atoms with Gasteiger partial charge in [-0.05, 0) is 35.0 Å². The van der Waals surface area contributed by atoms with E-state index < -0.39 is 16.9 Å². The fraction of sp³-hybridized carbons (Fsp3) is 0.231. The Balaban J connectivity index is 3.28. The number of carbonyl (C=O) groups excluding carboxylic acids is 2. The Bertz CT molecular complexity index is 656. The third-order valence-electron chi connectivity index (χ3n) is 2.70. The topological polar surface area (TPSA) is 108 Å². The summed E-state index contributed by atoms with van der Waals surface area (Å²) in [5.41, 5.74) is 0.232. The van der Waals surface area contributed by atoms with E-state index in [9.17, 15) is 19.7 Å². The lowest BCUT2D eigenvalue weighted by Crippen LogP contribution is -2.16. The molecule has 0 aliphatic heterocycles. The van der Waals surface area contributed by atoms with Gasteiger partial charge in [-0.2, -0.15) is 0 Å². The molecule has 0 aromatic heterocycles. The fourth-order valence-corrected chi connectivity index (χ4v) is 2.18. The van der Waals surface area contributed by atoms with Crippen molar-refractivity contribution in [2.45, 2.75) is 6.92 Å². The molecule has 0 aliphatic carbocycles. The molecule has 22 heavy (non-hydrogen) atoms. The molecule has 0 saturated heterocycles. The normalized spacial score (nSPS) is 10.8. The van der Waals surface area contributed by atoms with E-state index in [-0.39, 0.29) is 17.1 Å². The summed E-state index contributed by atoms with van der Waals surface area (Å²) in [4.78, 5) is 33.5. The molecule has 0 heterocycles. The largest absolute Gasteiger partial charge is 0.466 e. The zero-order valence-corrected chi connectivity index (χ0v) is 13.6. The van der Waals surface area contributed by atoms with Gasteiger partial charge >= 0.3 is 11.9 Å². The van der Waals surface area contributed by atoms with Gasteiger partial charge in [-0.3, -0.25) is 10.1 Å². The summed E-state index contributed by atoms with van der Waals surface area (Å²) in [6.45, 7) is 1.51. The number of halogens is 1. The van der Waals surface area contributed by atoms with E-state index >= 15 is 0 Å². The maximum Gasteiger partial charge on any atom is 0.354 e. The van der Waals surface area contributed by atoms with Crippen LogP contribution in [0.2, 0.25) is 0 Å². The zero-order valence-electron chi connectivity index (χ0n) is 12.0. The van der Waals surface area contributed by atoms with E-state index in [1.807, 2.05) is 0 Å². The minimum Gasteiger partial charge on any atom is -0.466 e. The van der Waals surface area contributed by atoms with Gasteiger partial charge in [0.1, 0.15) is 5.70 Å². The lowest BCUT2D eigenvalue weighted by molar-refractivity contribution is -0.386. The van der Waals surface area contributed by atoms with Crippen molar-refractivity contribution in [2.24, 2.45) is 0 Å². The molecule has 9 heteroatoms. The minimum absolute atomic E-state index is 0.146. The standard InChI is InChI=1S/C13H13BrN2O6/c1-7-9(5-4-8(14)12(7)16(19)20)15-10(13(18)22-3)6-11(17)21-2/h4-6,15H,1-3H3/b10-6+. The van der Waals surface area contributed by atoms with Crippen LogP contribution in [0.4, 0.5) is 11.4 Å². The molecule has 1 aromatic rings. The number of ether oxygens (including phenoxy) is 2. The van der Waals surface area contributed by atoms with Gasteiger partial charge in [-0.25, -0.2) is 9.59 Å². The smallest absolute Gasteiger partial charge is 0.354 e. The van der Waals surface area contributed by atoms with Gasteiger partial charge in [-0.1, -0.05) is 0 Å². The second-order valence-electron chi connectivity index (χ2n) is 4.02. The van der Waals surface area contributed by atoms with Crippen molar-refractivity contribution in [2.75, 3.05) is 19.5 Å². The number of nitrogens with zero attached hydrogens (tertiary/aromatic N) is 1. The molecule has 0 spiro atoms. The van der Waals surface area contributed by atoms with Gasteiger partial charge in [0.2, 0.25) is 0 Å². The average molecular weight is 373 g/mol. The third-order valence-corrected chi connectivity index (χ3v) is 3.34. The van der Waals surface area contributed by atoms with Crippen LogP contribution in [0.15, 0.2) is 28.4 Å². The van der Waals surface area contributed by atoms with Crippen LogP contribution in [0.5, 0.6) is 0 Å². The first kappa shape index (κ1) is 17.6. The number of carbonyl (C=O) groups is 2. The van der Waals surface area contributed by atoms with Crippen molar-refractivity contribution in [3.05, 3.63) is 44.1 Å². The summed E-state index contributed by atoms with van der Waals surface area (Å²) in [5.74, 6) is -1.58. The van der Waals surface area contributed by atoms with Crippen LogP contribution >= 0.6 is 15.9 Å². The molecular weight excluding hydrogens is 360 g/mol. The highest BCUT2D eigenvalue weighted by molar-refractivity contribution is 9.10. The summed E-state index contributed by atoms with van der Waals surface area (Å²) in [7, 11) is 2.30. The van der Waals surface area contributed by atoms with E-state index in [4.69, 9.17) is 0 Å². The fourth-order valence-electron chi connectivity index (χ4n) is 1.60. The molecule has 0 fully saturated rings. The third kappa shape index (κ3) is 4.04. The highest BCUT2D eigenvalue weighted by Crippen LogP contribution is 2.33. The number of nitro benzene ring substituents is 1. The molecule has 0 radical (unpaired) electrons. The maximum absolute atomic E-state index is 11.7. The van der Waals surface area contributed by atoms with Crippen molar-refractivity contribution < 1.29 is 24.0 Å². The van der Waals surface area contributed by atoms with Gasteiger partial charge in [0.05, 0.1) is 35.3 Å². The molecule has 1 N–H and O–H groups in total. The molecule has 1 rings (SSSR count). The molecule has 0 atom stereocenters. The number of nitrogens with one attached hydrogen (secondary N) is 1. The Morgan fingerprint density at radius 1 is 1.32 bits per heavy atom. The quantitative estimate of drug-likeness (QED) is 0.365. The lowest BCUT2D eigenvalue weighted by Gasteiger charge is -2.12. The Kier molecular flexibility index (Phi) is 6.05. The Morgan fingerprint density at radius 2 is 1.95 bits per heavy atom. The van der Waals surface area contributed by atoms with E-state index in [1.165, 1.54) is 19.1 Å². The number of methoxy groups -OCH3 is 2. The summed E-state index contributed by atoms with van der Waals surface area (Å²) >= 11 is 3.09. The Morgan fingerprint density at radius 3 is 2.45 bits per heavy atom. The van der Waals surface area contributed by atoms with Gasteiger partial charge in [0.15, 0.2) is 0 Å². The molecule has 1 aromatic carbocycles. The summed E-state index contributed by atoms with van der Waals surface area (Å²) in [5, 5.41) is 13.7. The number of esters is 2. The second kappa shape index (κ2) is 7.55. The highest BCUT2D eigenvalue weighted by atomic mass is 79.9. The lowest BCUT2D eigenvalue weighted by atomic mass is 10.1. The molecule has 0 saturated carbocycles. The van der Waals surface area contributed by atoms with Crippen LogP contribution in [0.3, 0.4) is 0 Å². The number of benzene rings is 1. The van der Waals surface area contributed by atoms with Gasteiger partial charge < -0.3 is 14.8 Å². The number of nitro groups is 1. The Hall–Kier alpha value is -2.42. The van der Waals surface area contributed by atoms with Crippen LogP contribution in [0.1, 0.15) is 5.56 Å². The first-order valence-electron chi connectivity index (χ1n) is 5.90. The van der Waals surface area contributed by atoms with Crippen molar-refractivity contribution in [3.63, 3.8) is 0 Å². The molecule has 0 amide bonds. The summed E-state index contributed by atoms with van der Waals surface area (Å²) in [6.07, 6.45) is 0.902. The summed E-state index contributed by atoms with van der Waals surface area (Å²) < 4.78 is 9.30. The predicted molar refractivity (Wildman–Crippen MR) is 81.3 cm³/mol. The summed E-state index contributed by atoms with van der Waals surface area (Å²) in [6, 6.07) is 2.99. The molecule has 0 bridgehead atoms. The van der Waals surface area contributed by atoms with Gasteiger partial charge in [0.25, 0.3) is 5.69 Å². The van der Waals surface area contributed by atoms with E-state index in [0.717, 1.165) is 20.3 Å². The average Bonchev–Trinajstić information content (AvgIpc) is 2.47. The van der Waals surface area contributed by atoms with Crippen LogP contribution in [-0.4, -0.2) is 31.1 Å². The number of anilines is 1. The van der Waals surface area contributed by atoms with Crippen LogP contribution in [0, 0.1) is 17.0 Å². The Labute approximate surface area is 134 Å². The highest BCUT2D eigenvalue weighted by Gasteiger charge is 2.21. The molecule has 0 unspecified atom stereocenters. The van der Waals surface area contributed by atoms with Crippen LogP contribution in [-0.2, 0) is 19.1 Å². The molecule has 118 valence electrons. The van der Waals surface area contributed by atoms with Crippen molar-refractivity contribution in [3.8, 4) is 0 Å². The van der Waals surface area contributed by atoms with Gasteiger partial charge in [0, 0.05) is 5.69 Å². The second-order valence-corrected chi connectivity index (χ2v) is 4.88. The molecule has 8 nitrogen and oxygen atoms in total. The van der Waals surface area contributed by atoms with Crippen molar-refractivity contribution in [1.29, 1.82) is 0 Å². The van der Waals surface area contributed by atoms with Crippen LogP contribution in [0.25, 0.3) is 0 Å². The number of hydrogen-bond donors (Lipinski definition) is 1. The van der Waals surface area contributed by atoms with E-state index in [1.54, 1.807) is 0 Å². The van der Waals surface area contributed by atoms with E-state index in [2.05, 4.69) is 30.7 Å². The number of rotatable bonds is 5. The maximum atomic E-state index is 11.7. The van der Waals surface area contributed by atoms with Crippen LogP contribution < -0.4 is 5.32 Å². The van der Waals surface area contributed by atoms with Crippen molar-refractivity contribution in [1.82, 2.24) is 0 Å². The van der Waals surface area contributed by atoms with Gasteiger partial charge in [-0.15, -0.1) is 0 Å². The van der Waals surface area contributed by atoms with E-state index in [0.29, 0.717) is 10.0 Å². The first-order valence-corrected chi connectivity index (χ1v) is 6.69.